The van der Waals surface area contributed by atoms with Gasteiger partial charge in [0.05, 0.1) is 7.11 Å². The molecule has 0 amide bonds. The summed E-state index contributed by atoms with van der Waals surface area (Å²) >= 11 is 0. The number of ether oxygens (including phenoxy) is 1. The summed E-state index contributed by atoms with van der Waals surface area (Å²) in [4.78, 5) is 0. The molecule has 10 rings (SSSR count). The Labute approximate surface area is 289 Å². The van der Waals surface area contributed by atoms with E-state index in [9.17, 15) is 0 Å². The van der Waals surface area contributed by atoms with Gasteiger partial charge in [0, 0.05) is 0 Å². The van der Waals surface area contributed by atoms with Gasteiger partial charge in [-0.05, 0) is 135 Å². The van der Waals surface area contributed by atoms with Crippen molar-refractivity contribution in [1.82, 2.24) is 0 Å². The van der Waals surface area contributed by atoms with Crippen molar-refractivity contribution in [2.24, 2.45) is 0 Å². The summed E-state index contributed by atoms with van der Waals surface area (Å²) in [5, 5.41) is 8.58. The lowest BCUT2D eigenvalue weighted by Gasteiger charge is -2.27. The van der Waals surface area contributed by atoms with Crippen LogP contribution in [0.4, 0.5) is 0 Å². The topological polar surface area (TPSA) is 9.23 Å². The van der Waals surface area contributed by atoms with Crippen molar-refractivity contribution in [2.45, 2.75) is 53.4 Å². The number of hydrogen-bond acceptors (Lipinski definition) is 1. The van der Waals surface area contributed by atoms with E-state index in [1.807, 2.05) is 7.11 Å². The minimum Gasteiger partial charge on any atom is -0.496 e. The minimum atomic E-state index is -0.733. The average molecular weight is 663 g/mol. The summed E-state index contributed by atoms with van der Waals surface area (Å²) in [6.45, 7) is 8.71. The highest BCUT2D eigenvalue weighted by atomic mass is 31.1. The highest BCUT2D eigenvalue weighted by Gasteiger charge is 2.25. The number of rotatable bonds is 7. The molecule has 4 bridgehead atoms. The Morgan fingerprint density at radius 3 is 1.23 bits per heavy atom. The second-order valence-corrected chi connectivity index (χ2v) is 17.6. The molecule has 0 spiro atoms. The number of benzene rings is 6. The lowest BCUT2D eigenvalue weighted by atomic mass is 9.96. The zero-order valence-electron chi connectivity index (χ0n) is 28.8. The summed E-state index contributed by atoms with van der Waals surface area (Å²) in [6, 6.07) is 49.2. The maximum Gasteiger partial charge on any atom is 0.122 e. The third kappa shape index (κ3) is 6.91. The SMILES string of the molecule is COc1cc2c(P(c3ccc(C)cc3)c3ccc(C)cc3)cc1CCc1ccc(cc1P(c1ccc(C)cc1)c1ccc(C)cc1)CC2. The van der Waals surface area contributed by atoms with Crippen LogP contribution in [0.25, 0.3) is 0 Å². The van der Waals surface area contributed by atoms with Gasteiger partial charge < -0.3 is 4.74 Å². The second kappa shape index (κ2) is 14.2. The van der Waals surface area contributed by atoms with Crippen molar-refractivity contribution in [3.8, 4) is 5.75 Å². The van der Waals surface area contributed by atoms with Gasteiger partial charge >= 0.3 is 0 Å². The molecular weight excluding hydrogens is 618 g/mol. The molecule has 6 aromatic carbocycles. The summed E-state index contributed by atoms with van der Waals surface area (Å²) in [6.07, 6.45) is 3.85. The van der Waals surface area contributed by atoms with Gasteiger partial charge in [0.2, 0.25) is 0 Å². The predicted molar refractivity (Wildman–Crippen MR) is 211 cm³/mol. The van der Waals surface area contributed by atoms with Crippen molar-refractivity contribution < 1.29 is 4.74 Å². The number of methoxy groups -OCH3 is 1. The van der Waals surface area contributed by atoms with Gasteiger partial charge in [0.1, 0.15) is 5.75 Å². The third-order valence-electron chi connectivity index (χ3n) is 9.63. The van der Waals surface area contributed by atoms with Crippen molar-refractivity contribution in [1.29, 1.82) is 0 Å². The first kappa shape index (κ1) is 32.5. The lowest BCUT2D eigenvalue weighted by Crippen LogP contribution is -2.26. The van der Waals surface area contributed by atoms with Crippen molar-refractivity contribution >= 4 is 47.7 Å². The normalized spacial score (nSPS) is 12.7. The molecule has 0 atom stereocenters. The minimum absolute atomic E-state index is 0.703. The van der Waals surface area contributed by atoms with Crippen LogP contribution < -0.4 is 36.6 Å². The molecule has 0 radical (unpaired) electrons. The van der Waals surface area contributed by atoms with Crippen LogP contribution in [0, 0.1) is 27.7 Å². The zero-order chi connectivity index (χ0) is 33.2. The van der Waals surface area contributed by atoms with Crippen LogP contribution >= 0.6 is 15.8 Å². The van der Waals surface area contributed by atoms with Crippen LogP contribution in [0.15, 0.2) is 127 Å². The van der Waals surface area contributed by atoms with Crippen LogP contribution in [0.1, 0.15) is 44.5 Å². The molecule has 0 fully saturated rings. The molecule has 3 heteroatoms. The van der Waals surface area contributed by atoms with Crippen LogP contribution in [0.2, 0.25) is 0 Å². The molecule has 0 saturated heterocycles. The fourth-order valence-electron chi connectivity index (χ4n) is 6.81. The van der Waals surface area contributed by atoms with Crippen LogP contribution in [-0.4, -0.2) is 7.11 Å². The Hall–Kier alpha value is -4.02. The van der Waals surface area contributed by atoms with Crippen molar-refractivity contribution in [2.75, 3.05) is 7.11 Å². The first-order chi connectivity index (χ1) is 23.4. The maximum atomic E-state index is 6.14. The standard InChI is InChI=1S/C45H44OP2/c1-31-6-20-39(21-7-31)47(40-22-8-32(2)9-23-40)44-28-35-14-16-36(44)18-19-37-30-45(38(17-15-35)29-43(37)46-5)48(41-24-10-33(3)11-25-41)42-26-12-34(4)13-27-42/h6-14,16,20-30H,15,17-19H2,1-5H3. The molecule has 0 aliphatic heterocycles. The predicted octanol–water partition coefficient (Wildman–Crippen LogP) is 8.33. The van der Waals surface area contributed by atoms with E-state index in [4.69, 9.17) is 4.74 Å². The van der Waals surface area contributed by atoms with Crippen molar-refractivity contribution in [3.05, 3.63) is 172 Å². The first-order valence-corrected chi connectivity index (χ1v) is 19.7. The summed E-state index contributed by atoms with van der Waals surface area (Å²) in [5.74, 6) is 1.02. The molecule has 240 valence electrons. The molecule has 0 N–H and O–H groups in total. The van der Waals surface area contributed by atoms with Crippen LogP contribution in [-0.2, 0) is 25.7 Å². The zero-order valence-corrected chi connectivity index (χ0v) is 30.5. The smallest absolute Gasteiger partial charge is 0.122 e. The Morgan fingerprint density at radius 1 is 0.396 bits per heavy atom. The summed E-state index contributed by atoms with van der Waals surface area (Å²) in [7, 11) is 0.402. The van der Waals surface area contributed by atoms with E-state index in [-0.39, 0.29) is 0 Å². The van der Waals surface area contributed by atoms with Gasteiger partial charge in [0.15, 0.2) is 0 Å². The Balaban J connectivity index is 1.35. The second-order valence-electron chi connectivity index (χ2n) is 13.3. The van der Waals surface area contributed by atoms with Gasteiger partial charge in [-0.1, -0.05) is 138 Å². The highest BCUT2D eigenvalue weighted by Crippen LogP contribution is 2.39. The number of aryl methyl sites for hydroxylation is 8. The maximum absolute atomic E-state index is 6.14. The Bertz CT molecular complexity index is 1930. The van der Waals surface area contributed by atoms with Gasteiger partial charge in [-0.15, -0.1) is 0 Å². The fourth-order valence-corrected chi connectivity index (χ4v) is 11.8. The summed E-state index contributed by atoms with van der Waals surface area (Å²) < 4.78 is 6.14. The largest absolute Gasteiger partial charge is 0.496 e. The van der Waals surface area contributed by atoms with E-state index < -0.39 is 15.8 Å². The van der Waals surface area contributed by atoms with Crippen LogP contribution in [0.3, 0.4) is 0 Å². The monoisotopic (exact) mass is 662 g/mol. The quantitative estimate of drug-likeness (QED) is 0.156. The molecule has 0 unspecified atom stereocenters. The van der Waals surface area contributed by atoms with E-state index in [1.54, 1.807) is 0 Å². The van der Waals surface area contributed by atoms with Gasteiger partial charge in [-0.25, -0.2) is 0 Å². The van der Waals surface area contributed by atoms with Gasteiger partial charge in [-0.3, -0.25) is 0 Å². The molecular formula is C45H44OP2. The van der Waals surface area contributed by atoms with E-state index in [1.165, 1.54) is 76.3 Å². The average Bonchev–Trinajstić information content (AvgIpc) is 3.10. The summed E-state index contributed by atoms with van der Waals surface area (Å²) in [5.41, 5.74) is 10.7. The van der Waals surface area contributed by atoms with Gasteiger partial charge in [0.25, 0.3) is 0 Å². The molecule has 4 aliphatic carbocycles. The molecule has 4 aliphatic rings. The molecule has 0 saturated carbocycles. The molecule has 6 aromatic rings. The number of hydrogen-bond donors (Lipinski definition) is 0. The van der Waals surface area contributed by atoms with E-state index in [2.05, 4.69) is 155 Å². The highest BCUT2D eigenvalue weighted by molar-refractivity contribution is 7.80. The Morgan fingerprint density at radius 2 is 0.792 bits per heavy atom. The molecule has 1 nitrogen and oxygen atoms in total. The molecule has 48 heavy (non-hydrogen) atoms. The molecule has 0 heterocycles. The van der Waals surface area contributed by atoms with Gasteiger partial charge in [-0.2, -0.15) is 0 Å². The van der Waals surface area contributed by atoms with E-state index in [0.717, 1.165) is 31.4 Å². The fraction of sp³-hybridized carbons (Fsp3) is 0.200. The van der Waals surface area contributed by atoms with Crippen LogP contribution in [0.5, 0.6) is 5.75 Å². The van der Waals surface area contributed by atoms with Crippen molar-refractivity contribution in [3.63, 3.8) is 0 Å². The first-order valence-electron chi connectivity index (χ1n) is 17.0. The van der Waals surface area contributed by atoms with E-state index in [0.29, 0.717) is 0 Å². The third-order valence-corrected chi connectivity index (χ3v) is 14.7. The lowest BCUT2D eigenvalue weighted by molar-refractivity contribution is 0.409. The Kier molecular flexibility index (Phi) is 9.64. The molecule has 0 aromatic heterocycles. The van der Waals surface area contributed by atoms with E-state index >= 15 is 0 Å².